The maximum atomic E-state index is 12.1. The van der Waals surface area contributed by atoms with Gasteiger partial charge in [0.2, 0.25) is 5.91 Å². The van der Waals surface area contributed by atoms with Gasteiger partial charge in [-0.2, -0.15) is 11.3 Å². The number of rotatable bonds is 5. The molecule has 1 saturated carbocycles. The molecule has 4 nitrogen and oxygen atoms in total. The lowest BCUT2D eigenvalue weighted by atomic mass is 10.2. The Morgan fingerprint density at radius 1 is 1.53 bits per heavy atom. The zero-order valence-electron chi connectivity index (χ0n) is 10.2. The first-order chi connectivity index (χ1) is 9.28. The summed E-state index contributed by atoms with van der Waals surface area (Å²) in [6, 6.07) is 2.09. The number of aromatic nitrogens is 1. The third-order valence-electron chi connectivity index (χ3n) is 3.25. The van der Waals surface area contributed by atoms with E-state index in [1.54, 1.807) is 11.3 Å². The number of aliphatic hydroxyl groups is 1. The van der Waals surface area contributed by atoms with E-state index in [2.05, 4.69) is 21.7 Å². The van der Waals surface area contributed by atoms with Crippen LogP contribution in [0.5, 0.6) is 0 Å². The van der Waals surface area contributed by atoms with Crippen molar-refractivity contribution < 1.29 is 9.90 Å². The number of nitrogens with one attached hydrogen (secondary N) is 1. The fourth-order valence-corrected chi connectivity index (χ4v) is 3.60. The Balaban J connectivity index is 1.57. The molecule has 1 aliphatic rings. The monoisotopic (exact) mass is 294 g/mol. The van der Waals surface area contributed by atoms with Crippen molar-refractivity contribution in [3.63, 3.8) is 0 Å². The van der Waals surface area contributed by atoms with Gasteiger partial charge in [0.05, 0.1) is 5.69 Å². The Kier molecular flexibility index (Phi) is 3.63. The third-order valence-corrected chi connectivity index (χ3v) is 4.76. The first-order valence-electron chi connectivity index (χ1n) is 6.16. The van der Waals surface area contributed by atoms with Gasteiger partial charge in [0.1, 0.15) is 0 Å². The standard InChI is InChI=1S/C13H14N2O2S2/c16-3-1-9-7-19-13(14-9)15-12(17)11-5-10(11)8-2-4-18-6-8/h2,4,6-7,10-11,16H,1,3,5H2,(H,14,15,17)/t10-,11+/m0/s1. The van der Waals surface area contributed by atoms with Crippen molar-refractivity contribution in [2.24, 2.45) is 5.92 Å². The summed E-state index contributed by atoms with van der Waals surface area (Å²) in [6.45, 7) is 0.0833. The van der Waals surface area contributed by atoms with Crippen molar-refractivity contribution in [1.29, 1.82) is 0 Å². The Morgan fingerprint density at radius 3 is 3.16 bits per heavy atom. The van der Waals surface area contributed by atoms with Crippen LogP contribution in [-0.4, -0.2) is 22.6 Å². The number of nitrogens with zero attached hydrogens (tertiary/aromatic N) is 1. The smallest absolute Gasteiger partial charge is 0.229 e. The minimum atomic E-state index is 0.0566. The average molecular weight is 294 g/mol. The van der Waals surface area contributed by atoms with Gasteiger partial charge in [-0.3, -0.25) is 4.79 Å². The first-order valence-corrected chi connectivity index (χ1v) is 7.98. The van der Waals surface area contributed by atoms with Crippen molar-refractivity contribution in [3.8, 4) is 0 Å². The van der Waals surface area contributed by atoms with Gasteiger partial charge < -0.3 is 10.4 Å². The van der Waals surface area contributed by atoms with Gasteiger partial charge in [0.15, 0.2) is 5.13 Å². The lowest BCUT2D eigenvalue weighted by Crippen LogP contribution is -2.14. The molecule has 0 unspecified atom stereocenters. The summed E-state index contributed by atoms with van der Waals surface area (Å²) < 4.78 is 0. The molecule has 2 aromatic rings. The second-order valence-corrected chi connectivity index (χ2v) is 6.25. The second-order valence-electron chi connectivity index (χ2n) is 4.61. The number of amides is 1. The van der Waals surface area contributed by atoms with Crippen molar-refractivity contribution >= 4 is 33.7 Å². The molecule has 19 heavy (non-hydrogen) atoms. The van der Waals surface area contributed by atoms with Crippen LogP contribution in [0, 0.1) is 5.92 Å². The van der Waals surface area contributed by atoms with Gasteiger partial charge in [0, 0.05) is 24.3 Å². The predicted molar refractivity (Wildman–Crippen MR) is 76.7 cm³/mol. The molecular formula is C13H14N2O2S2. The molecule has 0 saturated heterocycles. The Bertz CT molecular complexity index is 565. The average Bonchev–Trinajstić information content (AvgIpc) is 2.83. The van der Waals surface area contributed by atoms with E-state index in [0.29, 0.717) is 17.5 Å². The Morgan fingerprint density at radius 2 is 2.42 bits per heavy atom. The molecule has 0 radical (unpaired) electrons. The van der Waals surface area contributed by atoms with Crippen LogP contribution in [0.15, 0.2) is 22.2 Å². The fourth-order valence-electron chi connectivity index (χ4n) is 2.13. The molecule has 0 bridgehead atoms. The number of thiazole rings is 1. The SMILES string of the molecule is O=C(Nc1nc(CCO)cs1)[C@@H]1C[C@H]1c1ccsc1. The molecule has 3 rings (SSSR count). The summed E-state index contributed by atoms with van der Waals surface area (Å²) in [5.74, 6) is 0.518. The summed E-state index contributed by atoms with van der Waals surface area (Å²) in [5.41, 5.74) is 2.10. The minimum absolute atomic E-state index is 0.0566. The molecule has 0 aliphatic heterocycles. The van der Waals surface area contributed by atoms with E-state index in [4.69, 9.17) is 5.11 Å². The highest BCUT2D eigenvalue weighted by molar-refractivity contribution is 7.13. The molecule has 100 valence electrons. The number of hydrogen-bond donors (Lipinski definition) is 2. The fraction of sp³-hybridized carbons (Fsp3) is 0.385. The van der Waals surface area contributed by atoms with Gasteiger partial charge in [0.25, 0.3) is 0 Å². The highest BCUT2D eigenvalue weighted by Gasteiger charge is 2.44. The Hall–Kier alpha value is -1.24. The van der Waals surface area contributed by atoms with Crippen LogP contribution in [0.4, 0.5) is 5.13 Å². The van der Waals surface area contributed by atoms with E-state index in [9.17, 15) is 4.79 Å². The van der Waals surface area contributed by atoms with Crippen molar-refractivity contribution in [2.75, 3.05) is 11.9 Å². The number of hydrogen-bond acceptors (Lipinski definition) is 5. The van der Waals surface area contributed by atoms with Gasteiger partial charge in [-0.15, -0.1) is 11.3 Å². The van der Waals surface area contributed by atoms with Crippen LogP contribution >= 0.6 is 22.7 Å². The first kappa shape index (κ1) is 12.8. The summed E-state index contributed by atoms with van der Waals surface area (Å²) in [6.07, 6.45) is 1.46. The molecule has 2 atom stereocenters. The minimum Gasteiger partial charge on any atom is -0.396 e. The number of anilines is 1. The maximum absolute atomic E-state index is 12.1. The van der Waals surface area contributed by atoms with Crippen molar-refractivity contribution in [2.45, 2.75) is 18.8 Å². The highest BCUT2D eigenvalue weighted by atomic mass is 32.1. The number of aliphatic hydroxyl groups excluding tert-OH is 1. The molecule has 0 aromatic carbocycles. The Labute approximate surface area is 119 Å². The largest absolute Gasteiger partial charge is 0.396 e. The maximum Gasteiger partial charge on any atom is 0.229 e. The van der Waals surface area contributed by atoms with Crippen molar-refractivity contribution in [1.82, 2.24) is 4.98 Å². The summed E-state index contributed by atoms with van der Waals surface area (Å²) >= 11 is 3.08. The highest BCUT2D eigenvalue weighted by Crippen LogP contribution is 2.48. The number of carbonyl (C=O) groups is 1. The van der Waals surface area contributed by atoms with Crippen LogP contribution in [0.2, 0.25) is 0 Å². The van der Waals surface area contributed by atoms with E-state index < -0.39 is 0 Å². The normalized spacial score (nSPS) is 21.3. The molecule has 1 fully saturated rings. The van der Waals surface area contributed by atoms with Gasteiger partial charge in [-0.25, -0.2) is 4.98 Å². The van der Waals surface area contributed by atoms with Crippen LogP contribution in [-0.2, 0) is 11.2 Å². The third kappa shape index (κ3) is 2.86. The molecule has 2 N–H and O–H groups in total. The van der Waals surface area contributed by atoms with Gasteiger partial charge in [-0.05, 0) is 34.7 Å². The van der Waals surface area contributed by atoms with E-state index in [-0.39, 0.29) is 18.4 Å². The molecule has 1 aliphatic carbocycles. The molecule has 0 spiro atoms. The zero-order chi connectivity index (χ0) is 13.2. The van der Waals surface area contributed by atoms with Crippen molar-refractivity contribution in [3.05, 3.63) is 33.5 Å². The van der Waals surface area contributed by atoms with E-state index in [1.165, 1.54) is 16.9 Å². The topological polar surface area (TPSA) is 62.2 Å². The summed E-state index contributed by atoms with van der Waals surface area (Å²) in [4.78, 5) is 16.3. The molecule has 2 aromatic heterocycles. The number of carbonyl (C=O) groups excluding carboxylic acids is 1. The van der Waals surface area contributed by atoms with E-state index in [1.807, 2.05) is 10.8 Å². The van der Waals surface area contributed by atoms with E-state index >= 15 is 0 Å². The molecule has 1 amide bonds. The van der Waals surface area contributed by atoms with E-state index in [0.717, 1.165) is 12.1 Å². The van der Waals surface area contributed by atoms with Crippen LogP contribution in [0.1, 0.15) is 23.6 Å². The van der Waals surface area contributed by atoms with Gasteiger partial charge in [-0.1, -0.05) is 0 Å². The van der Waals surface area contributed by atoms with Gasteiger partial charge >= 0.3 is 0 Å². The molecule has 2 heterocycles. The summed E-state index contributed by atoms with van der Waals surface area (Å²) in [5, 5.41) is 18.3. The molecule has 6 heteroatoms. The van der Waals surface area contributed by atoms with Crippen LogP contribution in [0.3, 0.4) is 0 Å². The number of thiophene rings is 1. The zero-order valence-corrected chi connectivity index (χ0v) is 11.8. The van der Waals surface area contributed by atoms with Crippen LogP contribution < -0.4 is 5.32 Å². The van der Waals surface area contributed by atoms with Crippen LogP contribution in [0.25, 0.3) is 0 Å². The lowest BCUT2D eigenvalue weighted by molar-refractivity contribution is -0.117. The lowest BCUT2D eigenvalue weighted by Gasteiger charge is -2.00. The molecular weight excluding hydrogens is 280 g/mol. The second kappa shape index (κ2) is 5.40. The predicted octanol–water partition coefficient (Wildman–Crippen LogP) is 2.48. The quantitative estimate of drug-likeness (QED) is 0.890. The summed E-state index contributed by atoms with van der Waals surface area (Å²) in [7, 11) is 0.